The van der Waals surface area contributed by atoms with Crippen molar-refractivity contribution in [3.63, 3.8) is 0 Å². The Bertz CT molecular complexity index is 896. The first-order valence-corrected chi connectivity index (χ1v) is 8.51. The third kappa shape index (κ3) is 3.33. The summed E-state index contributed by atoms with van der Waals surface area (Å²) in [5.41, 5.74) is 1.55. The smallest absolute Gasteiger partial charge is 0.341 e. The molecular formula is C19H21N3O3. The Morgan fingerprint density at radius 3 is 2.60 bits per heavy atom. The number of aromatic nitrogens is 3. The highest BCUT2D eigenvalue weighted by atomic mass is 16.5. The van der Waals surface area contributed by atoms with Gasteiger partial charge in [0.05, 0.1) is 17.9 Å². The maximum absolute atomic E-state index is 12.8. The molecular weight excluding hydrogens is 318 g/mol. The maximum atomic E-state index is 12.8. The van der Waals surface area contributed by atoms with Gasteiger partial charge >= 0.3 is 5.97 Å². The van der Waals surface area contributed by atoms with Gasteiger partial charge in [-0.3, -0.25) is 4.79 Å². The summed E-state index contributed by atoms with van der Waals surface area (Å²) in [7, 11) is 0. The lowest BCUT2D eigenvalue weighted by Gasteiger charge is -2.11. The third-order valence-electron chi connectivity index (χ3n) is 3.99. The lowest BCUT2D eigenvalue weighted by Crippen LogP contribution is -2.16. The fourth-order valence-corrected chi connectivity index (χ4v) is 2.73. The second kappa shape index (κ2) is 7.34. The molecule has 25 heavy (non-hydrogen) atoms. The molecule has 6 heteroatoms. The molecule has 0 bridgehead atoms. The summed E-state index contributed by atoms with van der Waals surface area (Å²) >= 11 is 0. The van der Waals surface area contributed by atoms with E-state index in [4.69, 9.17) is 4.74 Å². The Kier molecular flexibility index (Phi) is 4.97. The number of benzene rings is 1. The van der Waals surface area contributed by atoms with E-state index in [2.05, 4.69) is 12.0 Å². The van der Waals surface area contributed by atoms with Crippen molar-refractivity contribution in [2.75, 3.05) is 6.61 Å². The number of aryl methyl sites for hydroxylation is 1. The van der Waals surface area contributed by atoms with Crippen LogP contribution >= 0.6 is 0 Å². The Hall–Kier alpha value is -2.89. The topological polar surface area (TPSA) is 66.1 Å². The quantitative estimate of drug-likeness (QED) is 0.647. The van der Waals surface area contributed by atoms with E-state index < -0.39 is 5.97 Å². The number of carbonyl (C=O) groups is 1. The largest absolute Gasteiger partial charge is 0.462 e. The highest BCUT2D eigenvalue weighted by Crippen LogP contribution is 2.23. The third-order valence-corrected chi connectivity index (χ3v) is 3.99. The fraction of sp³-hybridized carbons (Fsp3) is 0.316. The van der Waals surface area contributed by atoms with Gasteiger partial charge in [-0.25, -0.2) is 4.79 Å². The maximum Gasteiger partial charge on any atom is 0.341 e. The average molecular weight is 339 g/mol. The Labute approximate surface area is 146 Å². The summed E-state index contributed by atoms with van der Waals surface area (Å²) in [4.78, 5) is 25.2. The number of hydrogen-bond acceptors (Lipinski definition) is 4. The second-order valence-corrected chi connectivity index (χ2v) is 5.80. The van der Waals surface area contributed by atoms with Crippen molar-refractivity contribution in [3.8, 4) is 16.9 Å². The number of rotatable bonds is 6. The van der Waals surface area contributed by atoms with Crippen molar-refractivity contribution in [3.05, 3.63) is 58.6 Å². The molecule has 0 radical (unpaired) electrons. The van der Waals surface area contributed by atoms with Gasteiger partial charge in [0.1, 0.15) is 11.3 Å². The van der Waals surface area contributed by atoms with E-state index >= 15 is 0 Å². The average Bonchev–Trinajstić information content (AvgIpc) is 2.97. The molecule has 2 heterocycles. The van der Waals surface area contributed by atoms with Crippen LogP contribution in [0.1, 0.15) is 37.0 Å². The molecule has 130 valence electrons. The van der Waals surface area contributed by atoms with E-state index in [1.807, 2.05) is 34.9 Å². The highest BCUT2D eigenvalue weighted by molar-refractivity contribution is 5.96. The number of ether oxygens (including phenoxy) is 1. The zero-order valence-corrected chi connectivity index (χ0v) is 14.4. The van der Waals surface area contributed by atoms with Crippen LogP contribution in [-0.2, 0) is 11.3 Å². The van der Waals surface area contributed by atoms with Gasteiger partial charge in [-0.2, -0.15) is 9.78 Å². The Morgan fingerprint density at radius 1 is 1.16 bits per heavy atom. The summed E-state index contributed by atoms with van der Waals surface area (Å²) in [5, 5.41) is 4.40. The lowest BCUT2D eigenvalue weighted by atomic mass is 10.1. The molecule has 0 saturated heterocycles. The Balaban J connectivity index is 2.19. The fourth-order valence-electron chi connectivity index (χ4n) is 2.73. The first-order chi connectivity index (χ1) is 12.2. The monoisotopic (exact) mass is 339 g/mol. The number of carbonyl (C=O) groups excluding carboxylic acids is 1. The van der Waals surface area contributed by atoms with Crippen LogP contribution in [0.5, 0.6) is 0 Å². The van der Waals surface area contributed by atoms with Gasteiger partial charge in [0, 0.05) is 18.9 Å². The number of esters is 1. The summed E-state index contributed by atoms with van der Waals surface area (Å²) in [5.74, 6) is -0.462. The molecule has 2 aliphatic rings. The molecule has 0 aliphatic carbocycles. The van der Waals surface area contributed by atoms with Gasteiger partial charge in [0.25, 0.3) is 5.56 Å². The van der Waals surface area contributed by atoms with Gasteiger partial charge in [-0.1, -0.05) is 31.5 Å². The standard InChI is InChI=1S/C19H21N3O3/c1-3-5-11-21-12-15-17(16(13-21)19(24)25-4-2)20-22(18(15)23)14-9-7-6-8-10-14/h6-10,12-13H,3-5,11H2,1-2H3. The van der Waals surface area contributed by atoms with Crippen molar-refractivity contribution in [2.24, 2.45) is 0 Å². The number of fused-ring (bicyclic) bond motifs is 1. The van der Waals surface area contributed by atoms with Crippen LogP contribution in [0.2, 0.25) is 0 Å². The summed E-state index contributed by atoms with van der Waals surface area (Å²) in [6.07, 6.45) is 5.47. The molecule has 3 rings (SSSR count). The van der Waals surface area contributed by atoms with Crippen LogP contribution in [0.3, 0.4) is 0 Å². The molecule has 0 aromatic heterocycles. The van der Waals surface area contributed by atoms with Crippen molar-refractivity contribution in [2.45, 2.75) is 33.2 Å². The van der Waals surface area contributed by atoms with Crippen molar-refractivity contribution in [1.82, 2.24) is 14.3 Å². The number of nitrogens with zero attached hydrogens (tertiary/aromatic N) is 3. The van der Waals surface area contributed by atoms with Gasteiger partial charge in [-0.05, 0) is 25.5 Å². The van der Waals surface area contributed by atoms with Crippen molar-refractivity contribution >= 4 is 5.97 Å². The zero-order chi connectivity index (χ0) is 17.8. The minimum Gasteiger partial charge on any atom is -0.462 e. The van der Waals surface area contributed by atoms with Crippen LogP contribution in [0.4, 0.5) is 0 Å². The molecule has 0 amide bonds. The number of para-hydroxylation sites is 1. The molecule has 0 spiro atoms. The predicted molar refractivity (Wildman–Crippen MR) is 95.3 cm³/mol. The van der Waals surface area contributed by atoms with E-state index in [1.165, 1.54) is 4.68 Å². The van der Waals surface area contributed by atoms with Crippen molar-refractivity contribution < 1.29 is 9.53 Å². The molecule has 6 nitrogen and oxygen atoms in total. The summed E-state index contributed by atoms with van der Waals surface area (Å²) in [6, 6.07) is 9.18. The van der Waals surface area contributed by atoms with Crippen LogP contribution < -0.4 is 5.56 Å². The molecule has 0 atom stereocenters. The minimum atomic E-state index is -0.462. The number of hydrogen-bond donors (Lipinski definition) is 0. The molecule has 0 N–H and O–H groups in total. The zero-order valence-electron chi connectivity index (χ0n) is 14.4. The van der Waals surface area contributed by atoms with E-state index in [-0.39, 0.29) is 12.2 Å². The summed E-state index contributed by atoms with van der Waals surface area (Å²) < 4.78 is 8.35. The molecule has 0 saturated carbocycles. The van der Waals surface area contributed by atoms with Crippen LogP contribution in [-0.4, -0.2) is 26.9 Å². The second-order valence-electron chi connectivity index (χ2n) is 5.80. The van der Waals surface area contributed by atoms with Gasteiger partial charge < -0.3 is 9.30 Å². The lowest BCUT2D eigenvalue weighted by molar-refractivity contribution is 0.0526. The molecule has 1 aromatic carbocycles. The van der Waals surface area contributed by atoms with Gasteiger partial charge in [0.15, 0.2) is 0 Å². The highest BCUT2D eigenvalue weighted by Gasteiger charge is 2.25. The van der Waals surface area contributed by atoms with E-state index in [9.17, 15) is 9.59 Å². The number of pyridine rings is 1. The van der Waals surface area contributed by atoms with E-state index in [0.29, 0.717) is 22.5 Å². The van der Waals surface area contributed by atoms with Gasteiger partial charge in [-0.15, -0.1) is 0 Å². The predicted octanol–water partition coefficient (Wildman–Crippen LogP) is 3.12. The first-order valence-electron chi connectivity index (χ1n) is 8.51. The summed E-state index contributed by atoms with van der Waals surface area (Å²) in [6.45, 7) is 4.85. The molecule has 2 aliphatic heterocycles. The molecule has 1 aromatic rings. The SMILES string of the molecule is CCCCn1cc(C(=O)OCC)c2nn(-c3ccccc3)c(=O)c-2c1. The van der Waals surface area contributed by atoms with Gasteiger partial charge in [0.2, 0.25) is 0 Å². The van der Waals surface area contributed by atoms with Crippen LogP contribution in [0, 0.1) is 0 Å². The van der Waals surface area contributed by atoms with E-state index in [1.54, 1.807) is 19.3 Å². The molecule has 0 unspecified atom stereocenters. The van der Waals surface area contributed by atoms with Crippen LogP contribution in [0.15, 0.2) is 47.5 Å². The number of unbranched alkanes of at least 4 members (excludes halogenated alkanes) is 1. The molecule has 0 fully saturated rings. The normalized spacial score (nSPS) is 11.0. The van der Waals surface area contributed by atoms with Crippen molar-refractivity contribution in [1.29, 1.82) is 0 Å². The van der Waals surface area contributed by atoms with E-state index in [0.717, 1.165) is 19.4 Å². The van der Waals surface area contributed by atoms with Crippen LogP contribution in [0.25, 0.3) is 16.9 Å². The first kappa shape index (κ1) is 17.0. The minimum absolute atomic E-state index is 0.238. The Morgan fingerprint density at radius 2 is 1.92 bits per heavy atom.